The Morgan fingerprint density at radius 2 is 1.90 bits per heavy atom. The summed E-state index contributed by atoms with van der Waals surface area (Å²) in [6.45, 7) is 9.36. The number of furan rings is 1. The molecule has 30 heavy (non-hydrogen) atoms. The minimum atomic E-state index is -1.04. The average Bonchev–Trinajstić information content (AvgIpc) is 3.21. The zero-order valence-corrected chi connectivity index (χ0v) is 17.9. The summed E-state index contributed by atoms with van der Waals surface area (Å²) in [7, 11) is 2.16. The van der Waals surface area contributed by atoms with Crippen LogP contribution in [0.1, 0.15) is 36.5 Å². The summed E-state index contributed by atoms with van der Waals surface area (Å²) in [5.41, 5.74) is 0.927. The van der Waals surface area contributed by atoms with Crippen LogP contribution in [0.15, 0.2) is 59.2 Å². The quantitative estimate of drug-likeness (QED) is 0.593. The zero-order valence-electron chi connectivity index (χ0n) is 17.9. The van der Waals surface area contributed by atoms with E-state index in [1.807, 2.05) is 12.1 Å². The lowest BCUT2D eigenvalue weighted by molar-refractivity contribution is -0.0521. The topological polar surface area (TPSA) is 39.9 Å². The molecule has 2 aromatic rings. The van der Waals surface area contributed by atoms with Crippen LogP contribution in [0, 0.1) is 11.7 Å². The van der Waals surface area contributed by atoms with Gasteiger partial charge in [0.05, 0.1) is 17.8 Å². The van der Waals surface area contributed by atoms with Crippen molar-refractivity contribution in [3.63, 3.8) is 0 Å². The lowest BCUT2D eigenvalue weighted by atomic mass is 9.70. The fraction of sp³-hybridized carbons (Fsp3) is 0.520. The number of likely N-dealkylation sites (N-methyl/N-ethyl adjacent to an activating group) is 1. The van der Waals surface area contributed by atoms with Crippen molar-refractivity contribution in [3.05, 3.63) is 72.0 Å². The Kier molecular flexibility index (Phi) is 6.42. The monoisotopic (exact) mass is 412 g/mol. The highest BCUT2D eigenvalue weighted by Crippen LogP contribution is 2.47. The Labute approximate surface area is 179 Å². The lowest BCUT2D eigenvalue weighted by Crippen LogP contribution is -2.53. The number of halogens is 1. The SMILES string of the molecule is C=C1CCCC(CN2CCN(C)CC2)C(O)(Cc2ccc(F)cc2)C1c1ccco1. The highest BCUT2D eigenvalue weighted by Gasteiger charge is 2.48. The van der Waals surface area contributed by atoms with Crippen LogP contribution < -0.4 is 0 Å². The van der Waals surface area contributed by atoms with Gasteiger partial charge in [-0.1, -0.05) is 24.3 Å². The molecule has 4 nitrogen and oxygen atoms in total. The van der Waals surface area contributed by atoms with Gasteiger partial charge in [0.1, 0.15) is 11.6 Å². The first-order valence-corrected chi connectivity index (χ1v) is 11.0. The van der Waals surface area contributed by atoms with Crippen LogP contribution in [-0.4, -0.2) is 60.3 Å². The van der Waals surface area contributed by atoms with Crippen molar-refractivity contribution in [2.24, 2.45) is 5.92 Å². The second kappa shape index (κ2) is 9.04. The molecule has 3 atom stereocenters. The van der Waals surface area contributed by atoms with Crippen LogP contribution >= 0.6 is 0 Å². The van der Waals surface area contributed by atoms with Crippen molar-refractivity contribution >= 4 is 0 Å². The summed E-state index contributed by atoms with van der Waals surface area (Å²) in [5, 5.41) is 12.4. The second-order valence-corrected chi connectivity index (χ2v) is 9.09. The standard InChI is InChI=1S/C25H33FN2O2/c1-19-5-3-6-21(18-28-14-12-27(2)13-15-28)25(29,24(19)23-7-4-16-30-23)17-20-8-10-22(26)11-9-20/h4,7-11,16,21,24,29H,1,3,5-6,12-15,17-18H2,2H3. The number of rotatable bonds is 5. The molecular weight excluding hydrogens is 379 g/mol. The van der Waals surface area contributed by atoms with Gasteiger partial charge in [0, 0.05) is 45.1 Å². The Balaban J connectivity index is 1.68. The number of nitrogens with zero attached hydrogens (tertiary/aromatic N) is 2. The molecule has 1 N–H and O–H groups in total. The summed E-state index contributed by atoms with van der Waals surface area (Å²) in [6.07, 6.45) is 4.97. The predicted molar refractivity (Wildman–Crippen MR) is 117 cm³/mol. The Hall–Kier alpha value is -1.95. The molecule has 5 heteroatoms. The molecule has 0 spiro atoms. The van der Waals surface area contributed by atoms with E-state index in [1.54, 1.807) is 18.4 Å². The molecule has 2 fully saturated rings. The van der Waals surface area contributed by atoms with Crippen LogP contribution in [0.5, 0.6) is 0 Å². The molecule has 162 valence electrons. The van der Waals surface area contributed by atoms with E-state index in [4.69, 9.17) is 4.42 Å². The van der Waals surface area contributed by atoms with Crippen LogP contribution in [0.4, 0.5) is 4.39 Å². The summed E-state index contributed by atoms with van der Waals surface area (Å²) < 4.78 is 19.3. The smallest absolute Gasteiger partial charge is 0.123 e. The summed E-state index contributed by atoms with van der Waals surface area (Å²) >= 11 is 0. The third-order valence-corrected chi connectivity index (χ3v) is 6.97. The number of hydrogen-bond acceptors (Lipinski definition) is 4. The number of hydrogen-bond donors (Lipinski definition) is 1. The maximum Gasteiger partial charge on any atom is 0.123 e. The van der Waals surface area contributed by atoms with Gasteiger partial charge in [0.25, 0.3) is 0 Å². The molecule has 0 radical (unpaired) electrons. The maximum atomic E-state index is 13.5. The molecule has 1 aliphatic heterocycles. The van der Waals surface area contributed by atoms with Crippen molar-refractivity contribution in [2.45, 2.75) is 37.2 Å². The van der Waals surface area contributed by atoms with Crippen LogP contribution in [0.25, 0.3) is 0 Å². The van der Waals surface area contributed by atoms with Gasteiger partial charge >= 0.3 is 0 Å². The second-order valence-electron chi connectivity index (χ2n) is 9.09. The van der Waals surface area contributed by atoms with Crippen molar-refractivity contribution in [1.29, 1.82) is 0 Å². The molecule has 4 rings (SSSR count). The first-order valence-electron chi connectivity index (χ1n) is 11.0. The molecule has 0 amide bonds. The van der Waals surface area contributed by atoms with Gasteiger partial charge in [-0.25, -0.2) is 4.39 Å². The Bertz CT molecular complexity index is 827. The first-order chi connectivity index (χ1) is 14.5. The molecule has 1 aromatic carbocycles. The van der Waals surface area contributed by atoms with Gasteiger partial charge in [-0.05, 0) is 56.1 Å². The fourth-order valence-electron chi connectivity index (χ4n) is 5.23. The molecule has 1 aromatic heterocycles. The van der Waals surface area contributed by atoms with Gasteiger partial charge < -0.3 is 19.3 Å². The van der Waals surface area contributed by atoms with Crippen LogP contribution in [0.3, 0.4) is 0 Å². The van der Waals surface area contributed by atoms with E-state index >= 15 is 0 Å². The predicted octanol–water partition coefficient (Wildman–Crippen LogP) is 4.08. The van der Waals surface area contributed by atoms with E-state index in [9.17, 15) is 9.50 Å². The molecule has 0 bridgehead atoms. The maximum absolute atomic E-state index is 13.5. The van der Waals surface area contributed by atoms with Crippen molar-refractivity contribution in [2.75, 3.05) is 39.8 Å². The Morgan fingerprint density at radius 1 is 1.17 bits per heavy atom. The van der Waals surface area contributed by atoms with Gasteiger partial charge in [0.15, 0.2) is 0 Å². The third kappa shape index (κ3) is 4.53. The number of benzene rings is 1. The number of piperazine rings is 1. The highest BCUT2D eigenvalue weighted by atomic mass is 19.1. The molecule has 1 aliphatic carbocycles. The van der Waals surface area contributed by atoms with Gasteiger partial charge in [-0.15, -0.1) is 0 Å². The average molecular weight is 413 g/mol. The van der Waals surface area contributed by atoms with Crippen molar-refractivity contribution in [3.8, 4) is 0 Å². The van der Waals surface area contributed by atoms with Gasteiger partial charge in [-0.3, -0.25) is 0 Å². The highest BCUT2D eigenvalue weighted by molar-refractivity contribution is 5.31. The van der Waals surface area contributed by atoms with Crippen molar-refractivity contribution < 1.29 is 13.9 Å². The first kappa shape index (κ1) is 21.3. The van der Waals surface area contributed by atoms with E-state index in [0.717, 1.165) is 68.9 Å². The van der Waals surface area contributed by atoms with Crippen LogP contribution in [-0.2, 0) is 6.42 Å². The summed E-state index contributed by atoms with van der Waals surface area (Å²) in [5.74, 6) is 0.334. The fourth-order valence-corrected chi connectivity index (χ4v) is 5.23. The van der Waals surface area contributed by atoms with Gasteiger partial charge in [0.2, 0.25) is 0 Å². The normalized spacial score (nSPS) is 29.1. The third-order valence-electron chi connectivity index (χ3n) is 6.97. The largest absolute Gasteiger partial charge is 0.469 e. The van der Waals surface area contributed by atoms with Crippen molar-refractivity contribution in [1.82, 2.24) is 9.80 Å². The molecular formula is C25H33FN2O2. The zero-order chi connectivity index (χ0) is 21.1. The molecule has 1 saturated carbocycles. The molecule has 2 heterocycles. The van der Waals surface area contributed by atoms with E-state index in [0.29, 0.717) is 6.42 Å². The molecule has 2 aliphatic rings. The van der Waals surface area contributed by atoms with E-state index < -0.39 is 5.60 Å². The Morgan fingerprint density at radius 3 is 2.57 bits per heavy atom. The van der Waals surface area contributed by atoms with E-state index in [-0.39, 0.29) is 17.7 Å². The molecule has 3 unspecified atom stereocenters. The minimum Gasteiger partial charge on any atom is -0.469 e. The number of aliphatic hydroxyl groups is 1. The summed E-state index contributed by atoms with van der Waals surface area (Å²) in [4.78, 5) is 4.83. The summed E-state index contributed by atoms with van der Waals surface area (Å²) in [6, 6.07) is 10.3. The molecule has 1 saturated heterocycles. The lowest BCUT2D eigenvalue weighted by Gasteiger charge is -2.44. The van der Waals surface area contributed by atoms with Gasteiger partial charge in [-0.2, -0.15) is 0 Å². The van der Waals surface area contributed by atoms with E-state index in [1.165, 1.54) is 12.1 Å². The van der Waals surface area contributed by atoms with Crippen LogP contribution in [0.2, 0.25) is 0 Å². The minimum absolute atomic E-state index is 0.0836. The van der Waals surface area contributed by atoms with E-state index in [2.05, 4.69) is 23.4 Å².